The van der Waals surface area contributed by atoms with Crippen molar-refractivity contribution in [2.24, 2.45) is 0 Å². The van der Waals surface area contributed by atoms with Crippen molar-refractivity contribution < 1.29 is 28.6 Å². The maximum Gasteiger partial charge on any atom is 0.335 e. The van der Waals surface area contributed by atoms with E-state index in [0.29, 0.717) is 48.8 Å². The maximum absolute atomic E-state index is 15.9. The monoisotopic (exact) mass is 614 g/mol. The summed E-state index contributed by atoms with van der Waals surface area (Å²) in [5.74, 6) is -0.513. The molecule has 1 N–H and O–H groups in total. The second kappa shape index (κ2) is 13.3. The predicted molar refractivity (Wildman–Crippen MR) is 172 cm³/mol. The van der Waals surface area contributed by atoms with Crippen LogP contribution in [0.5, 0.6) is 5.75 Å². The number of nitrogens with zero attached hydrogens (tertiary/aromatic N) is 4. The molecular formula is C35H39FN4O5. The molecule has 2 heterocycles. The number of fused-ring (bicyclic) bond motifs is 1. The lowest BCUT2D eigenvalue weighted by Crippen LogP contribution is -2.26. The number of carbonyl (C=O) groups excluding carboxylic acids is 1. The number of aromatic nitrogens is 2. The molecule has 3 aromatic carbocycles. The summed E-state index contributed by atoms with van der Waals surface area (Å²) in [5, 5.41) is 9.53. The molecule has 1 aliphatic carbocycles. The van der Waals surface area contributed by atoms with Crippen molar-refractivity contribution in [3.05, 3.63) is 71.5 Å². The number of likely N-dealkylation sites (N-methyl/N-ethyl adjacent to an activating group) is 1. The van der Waals surface area contributed by atoms with E-state index in [0.717, 1.165) is 54.6 Å². The zero-order valence-corrected chi connectivity index (χ0v) is 25.8. The van der Waals surface area contributed by atoms with Crippen LogP contribution in [0.4, 0.5) is 15.8 Å². The lowest BCUT2D eigenvalue weighted by Gasteiger charge is -2.26. The van der Waals surface area contributed by atoms with Crippen LogP contribution in [0.1, 0.15) is 66.9 Å². The summed E-state index contributed by atoms with van der Waals surface area (Å²) in [6.45, 7) is 2.09. The number of rotatable bonds is 11. The largest absolute Gasteiger partial charge is 0.489 e. The predicted octanol–water partition coefficient (Wildman–Crippen LogP) is 6.83. The van der Waals surface area contributed by atoms with Crippen molar-refractivity contribution in [1.82, 2.24) is 9.55 Å². The van der Waals surface area contributed by atoms with Crippen LogP contribution in [0.25, 0.3) is 22.4 Å². The van der Waals surface area contributed by atoms with Crippen LogP contribution in [-0.2, 0) is 16.1 Å². The van der Waals surface area contributed by atoms with Gasteiger partial charge in [-0.05, 0) is 67.8 Å². The Balaban J connectivity index is 1.30. The second-order valence-electron chi connectivity index (χ2n) is 11.9. The smallest absolute Gasteiger partial charge is 0.335 e. The Kier molecular flexibility index (Phi) is 9.02. The average molecular weight is 615 g/mol. The van der Waals surface area contributed by atoms with Crippen LogP contribution >= 0.6 is 0 Å². The van der Waals surface area contributed by atoms with E-state index in [-0.39, 0.29) is 24.1 Å². The highest BCUT2D eigenvalue weighted by molar-refractivity contribution is 5.96. The summed E-state index contributed by atoms with van der Waals surface area (Å²) in [7, 11) is 3.64. The average Bonchev–Trinajstić information content (AvgIpc) is 3.65. The first-order chi connectivity index (χ1) is 21.8. The van der Waals surface area contributed by atoms with Crippen molar-refractivity contribution in [3.8, 4) is 17.1 Å². The highest BCUT2D eigenvalue weighted by Crippen LogP contribution is 2.38. The number of carboxylic acids is 1. The van der Waals surface area contributed by atoms with Crippen molar-refractivity contribution >= 4 is 34.3 Å². The summed E-state index contributed by atoms with van der Waals surface area (Å²) in [4.78, 5) is 32.7. The number of halogens is 1. The third kappa shape index (κ3) is 6.38. The van der Waals surface area contributed by atoms with Gasteiger partial charge in [-0.3, -0.25) is 4.79 Å². The SMILES string of the molecule is COCCN(C)c1ccc(N2CCCC2=O)cc1COc1ccc(-c2nc3cc(C(=O)O)ccc3n2C2CCCCC2)c(F)c1. The number of ether oxygens (including phenoxy) is 2. The lowest BCUT2D eigenvalue weighted by atomic mass is 9.94. The molecular weight excluding hydrogens is 575 g/mol. The van der Waals surface area contributed by atoms with Gasteiger partial charge in [-0.1, -0.05) is 19.3 Å². The van der Waals surface area contributed by atoms with E-state index in [1.807, 2.05) is 25.2 Å². The Bertz CT molecular complexity index is 1710. The first-order valence-electron chi connectivity index (χ1n) is 15.7. The van der Waals surface area contributed by atoms with Crippen molar-refractivity contribution in [3.63, 3.8) is 0 Å². The van der Waals surface area contributed by atoms with E-state index in [1.165, 1.54) is 12.5 Å². The first-order valence-corrected chi connectivity index (χ1v) is 15.7. The molecule has 0 unspecified atom stereocenters. The molecule has 1 aromatic heterocycles. The number of imidazole rings is 1. The van der Waals surface area contributed by atoms with Gasteiger partial charge in [-0.2, -0.15) is 0 Å². The maximum atomic E-state index is 15.9. The standard InChI is InChI=1S/C35H39FN4O5/c1-38(17-18-44-2)31-15-11-26(39-16-6-9-33(39)41)19-24(31)22-45-27-12-13-28(29(36)21-27)34-37-30-20-23(35(42)43)10-14-32(30)40(34)25-7-4-3-5-8-25/h10-15,19-21,25H,3-9,16-18,22H2,1-2H3,(H,42,43). The summed E-state index contributed by atoms with van der Waals surface area (Å²) in [5.41, 5.74) is 4.49. The van der Waals surface area contributed by atoms with Gasteiger partial charge in [0.25, 0.3) is 0 Å². The van der Waals surface area contributed by atoms with E-state index < -0.39 is 11.8 Å². The number of hydrogen-bond acceptors (Lipinski definition) is 6. The van der Waals surface area contributed by atoms with Crippen LogP contribution in [0.15, 0.2) is 54.6 Å². The van der Waals surface area contributed by atoms with E-state index in [2.05, 4.69) is 9.47 Å². The molecule has 4 aromatic rings. The molecule has 0 bridgehead atoms. The van der Waals surface area contributed by atoms with Gasteiger partial charge in [-0.25, -0.2) is 14.2 Å². The minimum atomic E-state index is -1.02. The number of benzene rings is 3. The van der Waals surface area contributed by atoms with Gasteiger partial charge < -0.3 is 28.9 Å². The number of amides is 1. The first kappa shape index (κ1) is 30.6. The number of methoxy groups -OCH3 is 1. The molecule has 2 fully saturated rings. The molecule has 45 heavy (non-hydrogen) atoms. The van der Waals surface area contributed by atoms with Gasteiger partial charge >= 0.3 is 5.97 Å². The van der Waals surface area contributed by atoms with Crippen LogP contribution in [0, 0.1) is 5.82 Å². The van der Waals surface area contributed by atoms with Gasteiger partial charge in [0.1, 0.15) is 24.0 Å². The molecule has 236 valence electrons. The number of anilines is 2. The number of aromatic carboxylic acids is 1. The zero-order valence-electron chi connectivity index (χ0n) is 25.8. The second-order valence-corrected chi connectivity index (χ2v) is 11.9. The normalized spacial score (nSPS) is 15.6. The van der Waals surface area contributed by atoms with Gasteiger partial charge in [0.15, 0.2) is 0 Å². The van der Waals surface area contributed by atoms with E-state index >= 15 is 4.39 Å². The fourth-order valence-electron chi connectivity index (χ4n) is 6.56. The van der Waals surface area contributed by atoms with Crippen LogP contribution in [0.2, 0.25) is 0 Å². The molecule has 0 radical (unpaired) electrons. The quantitative estimate of drug-likeness (QED) is 0.198. The number of hydrogen-bond donors (Lipinski definition) is 1. The van der Waals surface area contributed by atoms with Gasteiger partial charge in [0.05, 0.1) is 28.8 Å². The third-order valence-electron chi connectivity index (χ3n) is 8.94. The zero-order chi connectivity index (χ0) is 31.5. The van der Waals surface area contributed by atoms with Crippen LogP contribution < -0.4 is 14.5 Å². The fraction of sp³-hybridized carbons (Fsp3) is 0.400. The Morgan fingerprint density at radius 2 is 1.89 bits per heavy atom. The van der Waals surface area contributed by atoms with Crippen LogP contribution in [-0.4, -0.2) is 60.4 Å². The molecule has 1 amide bonds. The summed E-state index contributed by atoms with van der Waals surface area (Å²) in [6.07, 6.45) is 6.65. The summed E-state index contributed by atoms with van der Waals surface area (Å²) in [6, 6.07) is 15.8. The van der Waals surface area contributed by atoms with E-state index in [4.69, 9.17) is 14.5 Å². The number of carbonyl (C=O) groups is 2. The minimum Gasteiger partial charge on any atom is -0.489 e. The molecule has 6 rings (SSSR count). The molecule has 9 nitrogen and oxygen atoms in total. The molecule has 1 aliphatic heterocycles. The molecule has 10 heteroatoms. The fourth-order valence-corrected chi connectivity index (χ4v) is 6.56. The van der Waals surface area contributed by atoms with E-state index in [9.17, 15) is 14.7 Å². The highest BCUT2D eigenvalue weighted by atomic mass is 19.1. The van der Waals surface area contributed by atoms with Crippen molar-refractivity contribution in [1.29, 1.82) is 0 Å². The van der Waals surface area contributed by atoms with Crippen LogP contribution in [0.3, 0.4) is 0 Å². The van der Waals surface area contributed by atoms with E-state index in [1.54, 1.807) is 42.3 Å². The third-order valence-corrected chi connectivity index (χ3v) is 8.94. The summed E-state index contributed by atoms with van der Waals surface area (Å²) >= 11 is 0. The Morgan fingerprint density at radius 1 is 1.07 bits per heavy atom. The van der Waals surface area contributed by atoms with Gasteiger partial charge in [-0.15, -0.1) is 0 Å². The Labute approximate surface area is 262 Å². The highest BCUT2D eigenvalue weighted by Gasteiger charge is 2.25. The number of carboxylic acid groups (broad SMARTS) is 1. The molecule has 0 atom stereocenters. The van der Waals surface area contributed by atoms with Gasteiger partial charge in [0.2, 0.25) is 5.91 Å². The Morgan fingerprint density at radius 3 is 2.60 bits per heavy atom. The molecule has 2 aliphatic rings. The molecule has 1 saturated heterocycles. The Hall–Kier alpha value is -4.44. The van der Waals surface area contributed by atoms with Crippen molar-refractivity contribution in [2.75, 3.05) is 43.7 Å². The molecule has 1 saturated carbocycles. The topological polar surface area (TPSA) is 97.1 Å². The van der Waals surface area contributed by atoms with Gasteiger partial charge in [0, 0.05) is 62.7 Å². The summed E-state index contributed by atoms with van der Waals surface area (Å²) < 4.78 is 29.4. The lowest BCUT2D eigenvalue weighted by molar-refractivity contribution is -0.117. The molecule has 0 spiro atoms. The van der Waals surface area contributed by atoms with Crippen molar-refractivity contribution in [2.45, 2.75) is 57.6 Å². The minimum absolute atomic E-state index is 0.110.